The molecule has 4 rings (SSSR count). The van der Waals surface area contributed by atoms with Crippen LogP contribution in [-0.4, -0.2) is 29.6 Å². The normalized spacial score (nSPS) is 15.8. The summed E-state index contributed by atoms with van der Waals surface area (Å²) in [5.74, 6) is -3.95. The van der Waals surface area contributed by atoms with Gasteiger partial charge in [0, 0.05) is 0 Å². The summed E-state index contributed by atoms with van der Waals surface area (Å²) in [4.78, 5) is 30.2. The van der Waals surface area contributed by atoms with E-state index in [2.05, 4.69) is 4.98 Å². The zero-order valence-corrected chi connectivity index (χ0v) is 16.5. The molecule has 0 aliphatic carbocycles. The first-order chi connectivity index (χ1) is 14.4. The molecule has 1 amide bonds. The summed E-state index contributed by atoms with van der Waals surface area (Å²) in [5, 5.41) is 0.272. The topological polar surface area (TPSA) is 68.7 Å². The fourth-order valence-electron chi connectivity index (χ4n) is 3.18. The third kappa shape index (κ3) is 3.58. The Balaban J connectivity index is 1.71. The van der Waals surface area contributed by atoms with Crippen molar-refractivity contribution in [3.8, 4) is 5.75 Å². The van der Waals surface area contributed by atoms with Crippen molar-refractivity contribution in [3.63, 3.8) is 0 Å². The number of hydrogen-bond donors (Lipinski definition) is 0. The van der Waals surface area contributed by atoms with E-state index in [1.807, 2.05) is 0 Å². The van der Waals surface area contributed by atoms with E-state index in [0.29, 0.717) is 0 Å². The van der Waals surface area contributed by atoms with E-state index in [4.69, 9.17) is 9.47 Å². The minimum Gasteiger partial charge on any atom is -0.478 e. The quantitative estimate of drug-likeness (QED) is 0.567. The highest BCUT2D eigenvalue weighted by molar-refractivity contribution is 7.18. The Hall–Kier alpha value is -3.14. The van der Waals surface area contributed by atoms with Crippen LogP contribution in [0.2, 0.25) is 0 Å². The summed E-state index contributed by atoms with van der Waals surface area (Å²) >= 11 is 0.863. The molecule has 1 aliphatic heterocycles. The van der Waals surface area contributed by atoms with Crippen LogP contribution in [0.15, 0.2) is 30.3 Å². The summed E-state index contributed by atoms with van der Waals surface area (Å²) in [6.45, 7) is 1.58. The highest BCUT2D eigenvalue weighted by Crippen LogP contribution is 2.39. The Morgan fingerprint density at radius 2 is 2.03 bits per heavy atom. The van der Waals surface area contributed by atoms with Gasteiger partial charge in [0.2, 0.25) is 0 Å². The third-order valence-electron chi connectivity index (χ3n) is 4.48. The number of ether oxygens (including phenoxy) is 2. The lowest BCUT2D eigenvalue weighted by atomic mass is 10.1. The number of carbonyl (C=O) groups is 2. The molecule has 0 spiro atoms. The summed E-state index contributed by atoms with van der Waals surface area (Å²) in [6, 6.07) is 6.35. The summed E-state index contributed by atoms with van der Waals surface area (Å²) in [6.07, 6.45) is -1.55. The van der Waals surface area contributed by atoms with Crippen molar-refractivity contribution >= 4 is 39.1 Å². The molecule has 0 N–H and O–H groups in total. The van der Waals surface area contributed by atoms with Crippen molar-refractivity contribution in [2.24, 2.45) is 0 Å². The van der Waals surface area contributed by atoms with E-state index in [-0.39, 0.29) is 46.2 Å². The Morgan fingerprint density at radius 1 is 1.23 bits per heavy atom. The number of esters is 1. The maximum atomic E-state index is 14.5. The highest BCUT2D eigenvalue weighted by Gasteiger charge is 2.38. The monoisotopic (exact) mass is 436 g/mol. The smallest absolute Gasteiger partial charge is 0.310 e. The fraction of sp³-hybridized carbons (Fsp3) is 0.250. The molecule has 1 atom stereocenters. The number of rotatable bonds is 5. The first-order valence-corrected chi connectivity index (χ1v) is 9.86. The average molecular weight is 436 g/mol. The minimum absolute atomic E-state index is 0.00235. The number of para-hydroxylation sites is 1. The van der Waals surface area contributed by atoms with Gasteiger partial charge in [-0.1, -0.05) is 6.07 Å². The van der Waals surface area contributed by atoms with E-state index in [9.17, 15) is 22.8 Å². The first kappa shape index (κ1) is 20.1. The molecule has 2 aromatic carbocycles. The molecular formula is C20H15F3N2O4S. The fourth-order valence-corrected chi connectivity index (χ4v) is 4.16. The average Bonchev–Trinajstić information content (AvgIpc) is 3.12. The zero-order chi connectivity index (χ0) is 21.4. The van der Waals surface area contributed by atoms with E-state index in [1.54, 1.807) is 6.92 Å². The number of thiazole rings is 1. The maximum absolute atomic E-state index is 14.5. The minimum atomic E-state index is -1.21. The number of benzene rings is 2. The molecule has 0 saturated carbocycles. The molecular weight excluding hydrogens is 421 g/mol. The lowest BCUT2D eigenvalue weighted by Crippen LogP contribution is -2.47. The second-order valence-electron chi connectivity index (χ2n) is 6.44. The molecule has 0 saturated heterocycles. The molecule has 10 heteroatoms. The predicted octanol–water partition coefficient (Wildman–Crippen LogP) is 3.96. The molecule has 1 aliphatic rings. The first-order valence-electron chi connectivity index (χ1n) is 9.04. The van der Waals surface area contributed by atoms with Crippen LogP contribution in [0.25, 0.3) is 10.2 Å². The molecule has 0 bridgehead atoms. The largest absolute Gasteiger partial charge is 0.478 e. The number of halogens is 3. The van der Waals surface area contributed by atoms with Crippen LogP contribution in [0.4, 0.5) is 18.9 Å². The van der Waals surface area contributed by atoms with Crippen molar-refractivity contribution in [1.82, 2.24) is 4.98 Å². The molecule has 2 heterocycles. The van der Waals surface area contributed by atoms with Gasteiger partial charge in [-0.05, 0) is 31.2 Å². The van der Waals surface area contributed by atoms with Gasteiger partial charge in [-0.15, -0.1) is 11.3 Å². The third-order valence-corrected chi connectivity index (χ3v) is 5.52. The van der Waals surface area contributed by atoms with Gasteiger partial charge in [-0.25, -0.2) is 18.2 Å². The van der Waals surface area contributed by atoms with Crippen LogP contribution >= 0.6 is 11.3 Å². The Bertz CT molecular complexity index is 1150. The molecule has 30 heavy (non-hydrogen) atoms. The lowest BCUT2D eigenvalue weighted by molar-refractivity contribution is -0.147. The van der Waals surface area contributed by atoms with Crippen LogP contribution in [0, 0.1) is 17.5 Å². The number of aromatic nitrogens is 1. The van der Waals surface area contributed by atoms with E-state index in [0.717, 1.165) is 22.3 Å². The van der Waals surface area contributed by atoms with Crippen molar-refractivity contribution < 1.29 is 32.2 Å². The standard InChI is InChI=1S/C20H15F3N2O4S/c1-2-28-16(26)8-14-20(27)25(18-11(22)4-3-5-13(18)29-14)9-15-24-12-7-6-10(21)17(23)19(12)30-15/h3-7,14H,2,8-9H2,1H3. The van der Waals surface area contributed by atoms with E-state index < -0.39 is 35.4 Å². The second-order valence-corrected chi connectivity index (χ2v) is 7.53. The van der Waals surface area contributed by atoms with Crippen LogP contribution < -0.4 is 9.64 Å². The SMILES string of the molecule is CCOC(=O)CC1Oc2cccc(F)c2N(Cc2nc3ccc(F)c(F)c3s2)C1=O. The number of fused-ring (bicyclic) bond motifs is 2. The molecule has 6 nitrogen and oxygen atoms in total. The Labute approximate surface area is 172 Å². The molecule has 0 fully saturated rings. The van der Waals surface area contributed by atoms with Gasteiger partial charge in [0.25, 0.3) is 5.91 Å². The van der Waals surface area contributed by atoms with Crippen LogP contribution in [-0.2, 0) is 20.9 Å². The van der Waals surface area contributed by atoms with Crippen molar-refractivity contribution in [2.45, 2.75) is 26.0 Å². The molecule has 1 unspecified atom stereocenters. The van der Waals surface area contributed by atoms with Gasteiger partial charge in [0.15, 0.2) is 23.6 Å². The number of anilines is 1. The van der Waals surface area contributed by atoms with Crippen molar-refractivity contribution in [1.29, 1.82) is 0 Å². The van der Waals surface area contributed by atoms with Crippen LogP contribution in [0.3, 0.4) is 0 Å². The van der Waals surface area contributed by atoms with Gasteiger partial charge < -0.3 is 9.47 Å². The number of nitrogens with zero attached hydrogens (tertiary/aromatic N) is 2. The molecule has 3 aromatic rings. The van der Waals surface area contributed by atoms with Gasteiger partial charge >= 0.3 is 5.97 Å². The van der Waals surface area contributed by atoms with Gasteiger partial charge in [-0.2, -0.15) is 0 Å². The second kappa shape index (κ2) is 7.94. The lowest BCUT2D eigenvalue weighted by Gasteiger charge is -2.33. The van der Waals surface area contributed by atoms with Gasteiger partial charge in [0.1, 0.15) is 16.4 Å². The van der Waals surface area contributed by atoms with E-state index in [1.165, 1.54) is 24.3 Å². The molecule has 0 radical (unpaired) electrons. The van der Waals surface area contributed by atoms with Crippen molar-refractivity contribution in [3.05, 3.63) is 52.8 Å². The van der Waals surface area contributed by atoms with E-state index >= 15 is 0 Å². The number of carbonyl (C=O) groups excluding carboxylic acids is 2. The van der Waals surface area contributed by atoms with Crippen molar-refractivity contribution in [2.75, 3.05) is 11.5 Å². The Morgan fingerprint density at radius 3 is 2.80 bits per heavy atom. The Kier molecular flexibility index (Phi) is 5.33. The molecule has 1 aromatic heterocycles. The number of hydrogen-bond acceptors (Lipinski definition) is 6. The summed E-state index contributed by atoms with van der Waals surface area (Å²) < 4.78 is 52.5. The van der Waals surface area contributed by atoms with Gasteiger partial charge in [0.05, 0.1) is 29.8 Å². The summed E-state index contributed by atoms with van der Waals surface area (Å²) in [7, 11) is 0. The van der Waals surface area contributed by atoms with Crippen LogP contribution in [0.5, 0.6) is 5.75 Å². The van der Waals surface area contributed by atoms with Gasteiger partial charge in [-0.3, -0.25) is 14.5 Å². The zero-order valence-electron chi connectivity index (χ0n) is 15.7. The number of amides is 1. The van der Waals surface area contributed by atoms with Crippen LogP contribution in [0.1, 0.15) is 18.4 Å². The molecule has 156 valence electrons. The predicted molar refractivity (Wildman–Crippen MR) is 103 cm³/mol. The highest BCUT2D eigenvalue weighted by atomic mass is 32.1. The summed E-state index contributed by atoms with van der Waals surface area (Å²) in [5.41, 5.74) is 0.125. The maximum Gasteiger partial charge on any atom is 0.310 e.